The first kappa shape index (κ1) is 26.5. The maximum Gasteiger partial charge on any atom is 0.309 e. The lowest BCUT2D eigenvalue weighted by Crippen LogP contribution is -2.32. The standard InChI is InChI=1S/C27H35NO7/c1-17(13-23(29)25-26(30)24(33-4)11-12-28-25)27(31)35-18(2)21(16-34-15-20-5-6-20)14-19-7-9-22(32-3)10-8-19/h7-12,17-18,20-21,30H,5-6,13-16H2,1-4H3/t17-,18+,21-/m1/s1. The van der Waals surface area contributed by atoms with Crippen molar-refractivity contribution >= 4 is 11.8 Å². The molecule has 1 aromatic carbocycles. The first-order chi connectivity index (χ1) is 16.8. The number of ketones is 1. The lowest BCUT2D eigenvalue weighted by molar-refractivity contribution is -0.156. The van der Waals surface area contributed by atoms with Crippen LogP contribution < -0.4 is 9.47 Å². The lowest BCUT2D eigenvalue weighted by Gasteiger charge is -2.25. The fourth-order valence-electron chi connectivity index (χ4n) is 3.75. The predicted octanol–water partition coefficient (Wildman–Crippen LogP) is 4.23. The average Bonchev–Trinajstić information content (AvgIpc) is 3.68. The number of aromatic hydroxyl groups is 1. The van der Waals surface area contributed by atoms with Crippen molar-refractivity contribution in [1.82, 2.24) is 4.98 Å². The molecule has 1 N–H and O–H groups in total. The lowest BCUT2D eigenvalue weighted by atomic mass is 9.95. The van der Waals surface area contributed by atoms with Crippen molar-refractivity contribution in [3.05, 3.63) is 47.8 Å². The third-order valence-corrected chi connectivity index (χ3v) is 6.27. The molecule has 0 radical (unpaired) electrons. The first-order valence-electron chi connectivity index (χ1n) is 12.0. The van der Waals surface area contributed by atoms with Gasteiger partial charge in [0.1, 0.15) is 11.9 Å². The Labute approximate surface area is 206 Å². The maximum atomic E-state index is 12.8. The van der Waals surface area contributed by atoms with Crippen molar-refractivity contribution in [1.29, 1.82) is 0 Å². The normalized spacial score (nSPS) is 15.7. The number of benzene rings is 1. The molecule has 0 aliphatic heterocycles. The minimum Gasteiger partial charge on any atom is -0.503 e. The van der Waals surface area contributed by atoms with Crippen molar-refractivity contribution in [2.24, 2.45) is 17.8 Å². The number of Topliss-reactive ketones (excluding diaryl/α,β-unsaturated/α-hetero) is 1. The third-order valence-electron chi connectivity index (χ3n) is 6.27. The fraction of sp³-hybridized carbons (Fsp3) is 0.519. The van der Waals surface area contributed by atoms with Crippen LogP contribution in [0.1, 0.15) is 49.2 Å². The number of carbonyl (C=O) groups is 2. The summed E-state index contributed by atoms with van der Waals surface area (Å²) in [6.07, 6.45) is 3.92. The molecule has 1 aliphatic rings. The third kappa shape index (κ3) is 7.68. The van der Waals surface area contributed by atoms with Crippen LogP contribution in [-0.4, -0.2) is 55.4 Å². The summed E-state index contributed by atoms with van der Waals surface area (Å²) in [4.78, 5) is 29.4. The number of carbonyl (C=O) groups excluding carboxylic acids is 2. The van der Waals surface area contributed by atoms with Crippen LogP contribution in [0.15, 0.2) is 36.5 Å². The SMILES string of the molecule is COc1ccc(C[C@H](COCC2CC2)[C@H](C)OC(=O)[C@H](C)CC(=O)c2nccc(OC)c2O)cc1. The van der Waals surface area contributed by atoms with Crippen molar-refractivity contribution in [3.8, 4) is 17.2 Å². The van der Waals surface area contributed by atoms with Gasteiger partial charge >= 0.3 is 5.97 Å². The van der Waals surface area contributed by atoms with Gasteiger partial charge in [0.2, 0.25) is 0 Å². The number of methoxy groups -OCH3 is 2. The molecule has 1 saturated carbocycles. The van der Waals surface area contributed by atoms with Crippen LogP contribution >= 0.6 is 0 Å². The number of rotatable bonds is 14. The number of hydrogen-bond acceptors (Lipinski definition) is 8. The van der Waals surface area contributed by atoms with Crippen molar-refractivity contribution in [3.63, 3.8) is 0 Å². The first-order valence-corrected chi connectivity index (χ1v) is 12.0. The van der Waals surface area contributed by atoms with E-state index in [1.165, 1.54) is 32.2 Å². The smallest absolute Gasteiger partial charge is 0.309 e. The molecule has 1 aromatic heterocycles. The molecule has 190 valence electrons. The summed E-state index contributed by atoms with van der Waals surface area (Å²) in [5.41, 5.74) is 0.972. The summed E-state index contributed by atoms with van der Waals surface area (Å²) < 4.78 is 22.0. The maximum absolute atomic E-state index is 12.8. The van der Waals surface area contributed by atoms with Gasteiger partial charge in [-0.1, -0.05) is 19.1 Å². The molecule has 8 heteroatoms. The van der Waals surface area contributed by atoms with E-state index in [9.17, 15) is 14.7 Å². The highest BCUT2D eigenvalue weighted by Gasteiger charge is 2.28. The van der Waals surface area contributed by atoms with Gasteiger partial charge < -0.3 is 24.1 Å². The Bertz CT molecular complexity index is 988. The Morgan fingerprint density at radius 1 is 1.09 bits per heavy atom. The molecule has 2 aromatic rings. The van der Waals surface area contributed by atoms with Gasteiger partial charge in [0, 0.05) is 31.2 Å². The zero-order valence-electron chi connectivity index (χ0n) is 20.9. The highest BCUT2D eigenvalue weighted by Crippen LogP contribution is 2.30. The van der Waals surface area contributed by atoms with Crippen molar-refractivity contribution < 1.29 is 33.6 Å². The van der Waals surface area contributed by atoms with E-state index in [1.54, 1.807) is 14.0 Å². The molecule has 0 spiro atoms. The second kappa shape index (κ2) is 12.5. The summed E-state index contributed by atoms with van der Waals surface area (Å²) in [7, 11) is 3.02. The number of pyridine rings is 1. The Morgan fingerprint density at radius 2 is 1.80 bits per heavy atom. The highest BCUT2D eigenvalue weighted by atomic mass is 16.5. The van der Waals surface area contributed by atoms with E-state index in [0.29, 0.717) is 18.9 Å². The second-order valence-electron chi connectivity index (χ2n) is 9.17. The Kier molecular flexibility index (Phi) is 9.48. The summed E-state index contributed by atoms with van der Waals surface area (Å²) in [6, 6.07) is 9.26. The van der Waals surface area contributed by atoms with Crippen LogP contribution in [-0.2, 0) is 20.7 Å². The summed E-state index contributed by atoms with van der Waals surface area (Å²) in [6.45, 7) is 4.69. The fourth-order valence-corrected chi connectivity index (χ4v) is 3.75. The van der Waals surface area contributed by atoms with Crippen molar-refractivity contribution in [2.45, 2.75) is 45.6 Å². The van der Waals surface area contributed by atoms with E-state index >= 15 is 0 Å². The van der Waals surface area contributed by atoms with E-state index in [4.69, 9.17) is 18.9 Å². The molecule has 0 unspecified atom stereocenters. The van der Waals surface area contributed by atoms with Crippen LogP contribution in [0.5, 0.6) is 17.2 Å². The van der Waals surface area contributed by atoms with Gasteiger partial charge in [-0.2, -0.15) is 0 Å². The molecule has 1 aliphatic carbocycles. The van der Waals surface area contributed by atoms with Crippen LogP contribution in [0.3, 0.4) is 0 Å². The summed E-state index contributed by atoms with van der Waals surface area (Å²) in [5.74, 6) is -0.436. The molecule has 0 bridgehead atoms. The molecular weight excluding hydrogens is 450 g/mol. The summed E-state index contributed by atoms with van der Waals surface area (Å²) in [5, 5.41) is 10.2. The Balaban J connectivity index is 1.60. The van der Waals surface area contributed by atoms with E-state index in [-0.39, 0.29) is 29.5 Å². The largest absolute Gasteiger partial charge is 0.503 e. The van der Waals surface area contributed by atoms with E-state index in [1.807, 2.05) is 31.2 Å². The van der Waals surface area contributed by atoms with Gasteiger partial charge in [0.05, 0.1) is 26.7 Å². The van der Waals surface area contributed by atoms with E-state index in [2.05, 4.69) is 4.98 Å². The molecule has 0 saturated heterocycles. The Hall–Kier alpha value is -3.13. The van der Waals surface area contributed by atoms with Crippen LogP contribution in [0.4, 0.5) is 0 Å². The summed E-state index contributed by atoms with van der Waals surface area (Å²) >= 11 is 0. The van der Waals surface area contributed by atoms with E-state index in [0.717, 1.165) is 17.9 Å². The van der Waals surface area contributed by atoms with Gasteiger partial charge in [-0.05, 0) is 49.8 Å². The zero-order valence-corrected chi connectivity index (χ0v) is 20.9. The van der Waals surface area contributed by atoms with Gasteiger partial charge in [-0.25, -0.2) is 4.98 Å². The van der Waals surface area contributed by atoms with Crippen LogP contribution in [0.25, 0.3) is 0 Å². The van der Waals surface area contributed by atoms with Gasteiger partial charge in [-0.3, -0.25) is 9.59 Å². The van der Waals surface area contributed by atoms with Gasteiger partial charge in [-0.15, -0.1) is 0 Å². The molecule has 1 heterocycles. The predicted molar refractivity (Wildman–Crippen MR) is 130 cm³/mol. The number of aromatic nitrogens is 1. The second-order valence-corrected chi connectivity index (χ2v) is 9.17. The molecule has 35 heavy (non-hydrogen) atoms. The van der Waals surface area contributed by atoms with Crippen molar-refractivity contribution in [2.75, 3.05) is 27.4 Å². The number of esters is 1. The van der Waals surface area contributed by atoms with Crippen LogP contribution in [0.2, 0.25) is 0 Å². The molecular formula is C27H35NO7. The molecule has 8 nitrogen and oxygen atoms in total. The molecule has 3 atom stereocenters. The molecule has 1 fully saturated rings. The van der Waals surface area contributed by atoms with E-state index < -0.39 is 23.8 Å². The topological polar surface area (TPSA) is 104 Å². The minimum atomic E-state index is -0.702. The monoisotopic (exact) mass is 485 g/mol. The Morgan fingerprint density at radius 3 is 2.43 bits per heavy atom. The highest BCUT2D eigenvalue weighted by molar-refractivity contribution is 5.99. The zero-order chi connectivity index (χ0) is 25.4. The molecule has 3 rings (SSSR count). The quantitative estimate of drug-likeness (QED) is 0.313. The minimum absolute atomic E-state index is 0.0434. The van der Waals surface area contributed by atoms with Gasteiger partial charge in [0.15, 0.2) is 23.0 Å². The number of nitrogens with zero attached hydrogens (tertiary/aromatic N) is 1. The number of hydrogen-bond donors (Lipinski definition) is 1. The van der Waals surface area contributed by atoms with Gasteiger partial charge in [0.25, 0.3) is 0 Å². The number of ether oxygens (including phenoxy) is 4. The van der Waals surface area contributed by atoms with Crippen LogP contribution in [0, 0.1) is 17.8 Å². The molecule has 0 amide bonds. The average molecular weight is 486 g/mol.